The molecule has 136 valence electrons. The lowest BCUT2D eigenvalue weighted by Crippen LogP contribution is -2.42. The van der Waals surface area contributed by atoms with Crippen LogP contribution >= 0.6 is 24.0 Å². The second kappa shape index (κ2) is 9.35. The first kappa shape index (κ1) is 20.9. The zero-order chi connectivity index (χ0) is 17.0. The number of hydrogen-bond acceptors (Lipinski definition) is 4. The quantitative estimate of drug-likeness (QED) is 0.855. The van der Waals surface area contributed by atoms with Gasteiger partial charge in [-0.25, -0.2) is 0 Å². The highest BCUT2D eigenvalue weighted by molar-refractivity contribution is 6.32. The van der Waals surface area contributed by atoms with E-state index in [1.54, 1.807) is 19.2 Å². The Bertz CT molecular complexity index is 559. The third kappa shape index (κ3) is 5.16. The van der Waals surface area contributed by atoms with E-state index in [2.05, 4.69) is 13.8 Å². The fourth-order valence-electron chi connectivity index (χ4n) is 2.52. The molecule has 0 saturated carbocycles. The van der Waals surface area contributed by atoms with E-state index in [0.717, 1.165) is 12.8 Å². The van der Waals surface area contributed by atoms with E-state index in [0.29, 0.717) is 47.7 Å². The van der Waals surface area contributed by atoms with Gasteiger partial charge >= 0.3 is 0 Å². The van der Waals surface area contributed by atoms with Gasteiger partial charge in [0, 0.05) is 24.7 Å². The predicted octanol–water partition coefficient (Wildman–Crippen LogP) is 3.37. The zero-order valence-electron chi connectivity index (χ0n) is 14.4. The second-order valence-electron chi connectivity index (χ2n) is 6.32. The van der Waals surface area contributed by atoms with Gasteiger partial charge in [0.2, 0.25) is 0 Å². The summed E-state index contributed by atoms with van der Waals surface area (Å²) in [5.41, 5.74) is 6.40. The summed E-state index contributed by atoms with van der Waals surface area (Å²) >= 11 is 6.31. The molecular weight excluding hydrogens is 351 g/mol. The number of carbonyl (C=O) groups excluding carboxylic acids is 1. The Morgan fingerprint density at radius 2 is 2.00 bits per heavy atom. The molecule has 0 spiro atoms. The third-order valence-electron chi connectivity index (χ3n) is 3.86. The van der Waals surface area contributed by atoms with Crippen molar-refractivity contribution >= 4 is 29.9 Å². The number of piperidine rings is 1. The third-order valence-corrected chi connectivity index (χ3v) is 4.14. The first-order valence-electron chi connectivity index (χ1n) is 7.97. The molecule has 1 fully saturated rings. The molecule has 2 N–H and O–H groups in total. The normalized spacial score (nSPS) is 15.2. The Hall–Kier alpha value is -1.17. The summed E-state index contributed by atoms with van der Waals surface area (Å²) in [5, 5.41) is 0.391. The molecule has 1 saturated heterocycles. The summed E-state index contributed by atoms with van der Waals surface area (Å²) in [4.78, 5) is 14.4. The van der Waals surface area contributed by atoms with Crippen LogP contribution in [0, 0.1) is 5.92 Å². The number of carbonyl (C=O) groups is 1. The monoisotopic (exact) mass is 376 g/mol. The molecule has 24 heavy (non-hydrogen) atoms. The highest BCUT2D eigenvalue weighted by atomic mass is 35.5. The zero-order valence-corrected chi connectivity index (χ0v) is 16.0. The van der Waals surface area contributed by atoms with Gasteiger partial charge < -0.3 is 20.1 Å². The van der Waals surface area contributed by atoms with E-state index in [1.807, 2.05) is 4.90 Å². The second-order valence-corrected chi connectivity index (χ2v) is 6.73. The number of methoxy groups -OCH3 is 1. The van der Waals surface area contributed by atoms with Crippen molar-refractivity contribution in [1.82, 2.24) is 4.90 Å². The van der Waals surface area contributed by atoms with Crippen LogP contribution in [-0.2, 0) is 0 Å². The summed E-state index contributed by atoms with van der Waals surface area (Å²) in [5.74, 6) is 1.29. The summed E-state index contributed by atoms with van der Waals surface area (Å²) in [7, 11) is 1.54. The number of hydrogen-bond donors (Lipinski definition) is 1. The molecule has 1 aliphatic rings. The van der Waals surface area contributed by atoms with Crippen molar-refractivity contribution in [2.24, 2.45) is 11.7 Å². The molecule has 1 heterocycles. The summed E-state index contributed by atoms with van der Waals surface area (Å²) < 4.78 is 11.1. The van der Waals surface area contributed by atoms with Crippen LogP contribution in [0.5, 0.6) is 11.5 Å². The molecule has 1 aliphatic heterocycles. The largest absolute Gasteiger partial charge is 0.493 e. The van der Waals surface area contributed by atoms with Gasteiger partial charge in [-0.05, 0) is 30.9 Å². The number of rotatable bonds is 5. The molecule has 0 unspecified atom stereocenters. The van der Waals surface area contributed by atoms with Gasteiger partial charge in [0.1, 0.15) is 0 Å². The van der Waals surface area contributed by atoms with Crippen LogP contribution in [0.2, 0.25) is 5.02 Å². The molecule has 0 atom stereocenters. The molecular formula is C17H26Cl2N2O3. The van der Waals surface area contributed by atoms with Crippen molar-refractivity contribution in [3.05, 3.63) is 22.7 Å². The van der Waals surface area contributed by atoms with Gasteiger partial charge in [0.25, 0.3) is 5.91 Å². The number of amides is 1. The summed E-state index contributed by atoms with van der Waals surface area (Å²) in [6.07, 6.45) is 1.65. The van der Waals surface area contributed by atoms with Crippen molar-refractivity contribution in [3.63, 3.8) is 0 Å². The lowest BCUT2D eigenvalue weighted by molar-refractivity contribution is 0.0714. The average molecular weight is 377 g/mol. The lowest BCUT2D eigenvalue weighted by Gasteiger charge is -2.30. The molecule has 0 aliphatic carbocycles. The number of nitrogens with two attached hydrogens (primary N) is 1. The molecule has 5 nitrogen and oxygen atoms in total. The van der Waals surface area contributed by atoms with Crippen LogP contribution < -0.4 is 15.2 Å². The molecule has 0 radical (unpaired) electrons. The lowest BCUT2D eigenvalue weighted by atomic mass is 10.0. The fraction of sp³-hybridized carbons (Fsp3) is 0.588. The highest BCUT2D eigenvalue weighted by Gasteiger charge is 2.24. The van der Waals surface area contributed by atoms with Crippen molar-refractivity contribution in [2.45, 2.75) is 32.7 Å². The molecule has 1 aromatic carbocycles. The maximum Gasteiger partial charge on any atom is 0.254 e. The minimum atomic E-state index is -0.0486. The minimum absolute atomic E-state index is 0. The first-order valence-corrected chi connectivity index (χ1v) is 8.35. The van der Waals surface area contributed by atoms with Crippen molar-refractivity contribution < 1.29 is 14.3 Å². The Kier molecular flexibility index (Phi) is 8.13. The van der Waals surface area contributed by atoms with Crippen LogP contribution in [0.4, 0.5) is 0 Å². The van der Waals surface area contributed by atoms with Gasteiger partial charge in [-0.2, -0.15) is 0 Å². The van der Waals surface area contributed by atoms with E-state index < -0.39 is 0 Å². The number of ether oxygens (including phenoxy) is 2. The predicted molar refractivity (Wildman–Crippen MR) is 98.7 cm³/mol. The molecule has 1 aromatic rings. The van der Waals surface area contributed by atoms with Crippen molar-refractivity contribution in [1.29, 1.82) is 0 Å². The highest BCUT2D eigenvalue weighted by Crippen LogP contribution is 2.37. The smallest absolute Gasteiger partial charge is 0.254 e. The number of halogens is 2. The van der Waals surface area contributed by atoms with Gasteiger partial charge in [0.15, 0.2) is 11.5 Å². The molecule has 1 amide bonds. The van der Waals surface area contributed by atoms with Crippen LogP contribution in [0.15, 0.2) is 12.1 Å². The van der Waals surface area contributed by atoms with Crippen LogP contribution in [0.3, 0.4) is 0 Å². The maximum atomic E-state index is 12.6. The Balaban J connectivity index is 0.00000288. The Morgan fingerprint density at radius 3 is 2.54 bits per heavy atom. The molecule has 2 rings (SSSR count). The minimum Gasteiger partial charge on any atom is -0.493 e. The van der Waals surface area contributed by atoms with Crippen LogP contribution in [0.25, 0.3) is 0 Å². The van der Waals surface area contributed by atoms with Crippen molar-refractivity contribution in [2.75, 3.05) is 26.8 Å². The molecule has 0 aromatic heterocycles. The SMILES string of the molecule is COc1cc(C(=O)N2CCC(N)CC2)cc(Cl)c1OCC(C)C.Cl. The fourth-order valence-corrected chi connectivity index (χ4v) is 2.78. The van der Waals surface area contributed by atoms with E-state index in [9.17, 15) is 4.79 Å². The Morgan fingerprint density at radius 1 is 1.38 bits per heavy atom. The molecule has 7 heteroatoms. The average Bonchev–Trinajstić information content (AvgIpc) is 2.52. The van der Waals surface area contributed by atoms with Gasteiger partial charge in [-0.15, -0.1) is 12.4 Å². The topological polar surface area (TPSA) is 64.8 Å². The van der Waals surface area contributed by atoms with Crippen LogP contribution in [-0.4, -0.2) is 43.7 Å². The standard InChI is InChI=1S/C17H25ClN2O3.ClH/c1-11(2)10-23-16-14(18)8-12(9-15(16)22-3)17(21)20-6-4-13(19)5-7-20;/h8-9,11,13H,4-7,10,19H2,1-3H3;1H. The number of nitrogens with zero attached hydrogens (tertiary/aromatic N) is 1. The van der Waals surface area contributed by atoms with Gasteiger partial charge in [-0.3, -0.25) is 4.79 Å². The number of benzene rings is 1. The Labute approximate surface area is 154 Å². The van der Waals surface area contributed by atoms with E-state index in [-0.39, 0.29) is 24.4 Å². The van der Waals surface area contributed by atoms with E-state index in [4.69, 9.17) is 26.8 Å². The maximum absolute atomic E-state index is 12.6. The summed E-state index contributed by atoms with van der Waals surface area (Å²) in [6, 6.07) is 3.53. The number of likely N-dealkylation sites (tertiary alicyclic amines) is 1. The first-order chi connectivity index (χ1) is 10.9. The van der Waals surface area contributed by atoms with Gasteiger partial charge in [0.05, 0.1) is 18.7 Å². The van der Waals surface area contributed by atoms with E-state index in [1.165, 1.54) is 0 Å². The van der Waals surface area contributed by atoms with Crippen molar-refractivity contribution in [3.8, 4) is 11.5 Å². The van der Waals surface area contributed by atoms with Crippen LogP contribution in [0.1, 0.15) is 37.0 Å². The molecule has 0 bridgehead atoms. The summed E-state index contributed by atoms with van der Waals surface area (Å²) in [6.45, 7) is 5.99. The van der Waals surface area contributed by atoms with Gasteiger partial charge in [-0.1, -0.05) is 25.4 Å². The van der Waals surface area contributed by atoms with E-state index >= 15 is 0 Å².